The third-order valence-electron chi connectivity index (χ3n) is 4.26. The minimum absolute atomic E-state index is 0.377. The predicted octanol–water partition coefficient (Wildman–Crippen LogP) is 1.88. The molecule has 7 heteroatoms. The molecular weight excluding hydrogens is 270 g/mol. The maximum Gasteiger partial charge on any atom is 0.329 e. The monoisotopic (exact) mass is 289 g/mol. The van der Waals surface area contributed by atoms with Gasteiger partial charge in [-0.05, 0) is 25.7 Å². The Labute approximate surface area is 122 Å². The fourth-order valence-corrected chi connectivity index (χ4v) is 3.17. The Hall–Kier alpha value is -2.18. The lowest BCUT2D eigenvalue weighted by Crippen LogP contribution is -2.49. The summed E-state index contributed by atoms with van der Waals surface area (Å²) in [5.74, 6) is 0.780. The first-order valence-electron chi connectivity index (χ1n) is 7.20. The smallest absolute Gasteiger partial charge is 0.329 e. The molecule has 3 rings (SSSR count). The number of carbonyl (C=O) groups is 1. The predicted molar refractivity (Wildman–Crippen MR) is 77.1 cm³/mol. The van der Waals surface area contributed by atoms with Gasteiger partial charge in [-0.2, -0.15) is 0 Å². The van der Waals surface area contributed by atoms with Crippen LogP contribution in [0.1, 0.15) is 38.4 Å². The zero-order valence-corrected chi connectivity index (χ0v) is 12.2. The van der Waals surface area contributed by atoms with Gasteiger partial charge in [-0.1, -0.05) is 19.8 Å². The highest BCUT2D eigenvalue weighted by Gasteiger charge is 2.42. The number of carboxylic acids is 1. The van der Waals surface area contributed by atoms with Crippen molar-refractivity contribution in [1.29, 1.82) is 0 Å². The van der Waals surface area contributed by atoms with Crippen LogP contribution in [0.2, 0.25) is 0 Å². The van der Waals surface area contributed by atoms with E-state index in [2.05, 4.69) is 27.4 Å². The van der Waals surface area contributed by atoms with Gasteiger partial charge in [0.15, 0.2) is 5.82 Å². The van der Waals surface area contributed by atoms with Crippen LogP contribution in [0.15, 0.2) is 12.4 Å². The van der Waals surface area contributed by atoms with Crippen LogP contribution >= 0.6 is 0 Å². The van der Waals surface area contributed by atoms with Gasteiger partial charge < -0.3 is 10.4 Å². The van der Waals surface area contributed by atoms with Gasteiger partial charge in [0, 0.05) is 12.4 Å². The number of hydrogen-bond donors (Lipinski definition) is 2. The summed E-state index contributed by atoms with van der Waals surface area (Å²) in [7, 11) is 0. The number of hydrogen-bond acceptors (Lipinski definition) is 5. The molecular formula is C14H19N5O2. The van der Waals surface area contributed by atoms with Crippen LogP contribution in [0.4, 0.5) is 5.82 Å². The number of aromatic nitrogens is 4. The summed E-state index contributed by atoms with van der Waals surface area (Å²) in [4.78, 5) is 16.1. The first-order valence-corrected chi connectivity index (χ1v) is 7.20. The molecule has 2 unspecified atom stereocenters. The number of aliphatic carboxylic acids is 1. The van der Waals surface area contributed by atoms with E-state index in [1.165, 1.54) is 0 Å². The largest absolute Gasteiger partial charge is 0.480 e. The lowest BCUT2D eigenvalue weighted by Gasteiger charge is -2.37. The van der Waals surface area contributed by atoms with Crippen molar-refractivity contribution in [2.75, 3.05) is 5.32 Å². The second-order valence-electron chi connectivity index (χ2n) is 5.93. The van der Waals surface area contributed by atoms with E-state index in [1.807, 2.05) is 6.92 Å². The minimum Gasteiger partial charge on any atom is -0.480 e. The molecule has 7 nitrogen and oxygen atoms in total. The fourth-order valence-electron chi connectivity index (χ4n) is 3.17. The molecule has 0 bridgehead atoms. The lowest BCUT2D eigenvalue weighted by atomic mass is 9.76. The molecule has 0 spiro atoms. The zero-order valence-electron chi connectivity index (χ0n) is 12.2. The second kappa shape index (κ2) is 4.98. The molecule has 112 valence electrons. The number of nitrogens with one attached hydrogen (secondary N) is 1. The average Bonchev–Trinajstić information content (AvgIpc) is 2.82. The van der Waals surface area contributed by atoms with Crippen molar-refractivity contribution in [2.45, 2.75) is 45.1 Å². The van der Waals surface area contributed by atoms with Gasteiger partial charge in [0.1, 0.15) is 11.4 Å². The fraction of sp³-hybridized carbons (Fsp3) is 0.571. The van der Waals surface area contributed by atoms with Crippen molar-refractivity contribution < 1.29 is 9.90 Å². The van der Waals surface area contributed by atoms with Crippen molar-refractivity contribution in [3.63, 3.8) is 0 Å². The Balaban J connectivity index is 2.00. The van der Waals surface area contributed by atoms with Crippen molar-refractivity contribution in [3.8, 4) is 0 Å². The van der Waals surface area contributed by atoms with Crippen molar-refractivity contribution in [1.82, 2.24) is 19.6 Å². The van der Waals surface area contributed by atoms with Gasteiger partial charge in [0.05, 0.1) is 0 Å². The summed E-state index contributed by atoms with van der Waals surface area (Å²) in [5.41, 5.74) is -0.402. The molecule has 1 fully saturated rings. The highest BCUT2D eigenvalue weighted by molar-refractivity contribution is 5.84. The molecule has 21 heavy (non-hydrogen) atoms. The molecule has 2 N–H and O–H groups in total. The molecule has 0 radical (unpaired) electrons. The molecule has 2 aromatic heterocycles. The van der Waals surface area contributed by atoms with Gasteiger partial charge in [0.2, 0.25) is 5.65 Å². The van der Waals surface area contributed by atoms with E-state index in [0.717, 1.165) is 18.7 Å². The van der Waals surface area contributed by atoms with Crippen LogP contribution in [0.3, 0.4) is 0 Å². The van der Waals surface area contributed by atoms with Crippen LogP contribution in [0.5, 0.6) is 0 Å². The van der Waals surface area contributed by atoms with Crippen molar-refractivity contribution in [2.24, 2.45) is 5.92 Å². The van der Waals surface area contributed by atoms with Crippen LogP contribution in [-0.2, 0) is 4.79 Å². The summed E-state index contributed by atoms with van der Waals surface area (Å²) in [6, 6.07) is 0. The summed E-state index contributed by atoms with van der Waals surface area (Å²) in [6.45, 7) is 3.94. The maximum atomic E-state index is 11.8. The molecule has 0 saturated heterocycles. The number of carboxylic acid groups (broad SMARTS) is 1. The van der Waals surface area contributed by atoms with E-state index < -0.39 is 11.5 Å². The molecule has 2 heterocycles. The lowest BCUT2D eigenvalue weighted by molar-refractivity contribution is -0.144. The number of fused-ring (bicyclic) bond motifs is 1. The molecule has 1 saturated carbocycles. The van der Waals surface area contributed by atoms with E-state index in [4.69, 9.17) is 0 Å². The van der Waals surface area contributed by atoms with Crippen molar-refractivity contribution >= 4 is 17.4 Å². The molecule has 2 aromatic rings. The maximum absolute atomic E-state index is 11.8. The zero-order chi connectivity index (χ0) is 15.0. The van der Waals surface area contributed by atoms with Gasteiger partial charge in [0.25, 0.3) is 0 Å². The second-order valence-corrected chi connectivity index (χ2v) is 5.93. The molecule has 2 atom stereocenters. The summed E-state index contributed by atoms with van der Waals surface area (Å²) < 4.78 is 1.80. The third kappa shape index (κ3) is 2.32. The molecule has 1 aliphatic carbocycles. The van der Waals surface area contributed by atoms with Gasteiger partial charge in [-0.25, -0.2) is 9.78 Å². The first-order chi connectivity index (χ1) is 10.0. The van der Waals surface area contributed by atoms with E-state index >= 15 is 0 Å². The molecule has 1 aliphatic rings. The highest BCUT2D eigenvalue weighted by atomic mass is 16.4. The Morgan fingerprint density at radius 3 is 3.05 bits per heavy atom. The number of rotatable bonds is 3. The van der Waals surface area contributed by atoms with Gasteiger partial charge >= 0.3 is 5.97 Å². The first kappa shape index (κ1) is 13.8. The van der Waals surface area contributed by atoms with Crippen LogP contribution in [0.25, 0.3) is 5.65 Å². The SMILES string of the molecule is Cc1nnc2c(NC3(C(=O)O)CCCC(C)C3)nccn12. The van der Waals surface area contributed by atoms with E-state index in [0.29, 0.717) is 30.2 Å². The van der Waals surface area contributed by atoms with Crippen molar-refractivity contribution in [3.05, 3.63) is 18.2 Å². The third-order valence-corrected chi connectivity index (χ3v) is 4.26. The van der Waals surface area contributed by atoms with Crippen LogP contribution < -0.4 is 5.32 Å². The minimum atomic E-state index is -0.966. The number of nitrogens with zero attached hydrogens (tertiary/aromatic N) is 4. The summed E-state index contributed by atoms with van der Waals surface area (Å²) in [6.07, 6.45) is 6.56. The summed E-state index contributed by atoms with van der Waals surface area (Å²) in [5, 5.41) is 21.0. The topological polar surface area (TPSA) is 92.4 Å². The van der Waals surface area contributed by atoms with Gasteiger partial charge in [-0.3, -0.25) is 4.40 Å². The van der Waals surface area contributed by atoms with E-state index in [9.17, 15) is 9.90 Å². The van der Waals surface area contributed by atoms with E-state index in [-0.39, 0.29) is 0 Å². The molecule has 0 amide bonds. The summed E-state index contributed by atoms with van der Waals surface area (Å²) >= 11 is 0. The average molecular weight is 289 g/mol. The molecule has 0 aliphatic heterocycles. The Morgan fingerprint density at radius 2 is 2.33 bits per heavy atom. The standard InChI is InChI=1S/C14H19N5O2/c1-9-4-3-5-14(8-9,13(20)21)16-11-12-18-17-10(2)19(12)7-6-15-11/h6-7,9H,3-5,8H2,1-2H3,(H,15,16)(H,20,21). The number of anilines is 1. The Bertz CT molecular complexity index is 683. The quantitative estimate of drug-likeness (QED) is 0.896. The normalized spacial score (nSPS) is 25.9. The number of aryl methyl sites for hydroxylation is 1. The van der Waals surface area contributed by atoms with Gasteiger partial charge in [-0.15, -0.1) is 10.2 Å². The highest BCUT2D eigenvalue weighted by Crippen LogP contribution is 2.35. The van der Waals surface area contributed by atoms with Crippen LogP contribution in [0, 0.1) is 12.8 Å². The Kier molecular flexibility index (Phi) is 3.27. The van der Waals surface area contributed by atoms with E-state index in [1.54, 1.807) is 16.8 Å². The van der Waals surface area contributed by atoms with Crippen LogP contribution in [-0.4, -0.2) is 36.2 Å². The Morgan fingerprint density at radius 1 is 1.52 bits per heavy atom. The molecule has 0 aromatic carbocycles.